The Hall–Kier alpha value is -2.69. The minimum atomic E-state index is -0.326. The minimum Gasteiger partial charge on any atom is -0.355 e. The van der Waals surface area contributed by atoms with E-state index in [-0.39, 0.29) is 18.2 Å². The number of nitrogens with one attached hydrogen (secondary N) is 2. The molecule has 1 heterocycles. The number of benzene rings is 1. The van der Waals surface area contributed by atoms with Gasteiger partial charge in [0.2, 0.25) is 11.8 Å². The highest BCUT2D eigenvalue weighted by molar-refractivity contribution is 6.07. The first-order valence-electron chi connectivity index (χ1n) is 8.80. The second-order valence-corrected chi connectivity index (χ2v) is 6.31. The van der Waals surface area contributed by atoms with E-state index in [1.54, 1.807) is 12.3 Å². The van der Waals surface area contributed by atoms with Gasteiger partial charge < -0.3 is 10.6 Å². The summed E-state index contributed by atoms with van der Waals surface area (Å²) in [5.41, 5.74) is 2.77. The van der Waals surface area contributed by atoms with Crippen LogP contribution in [0.1, 0.15) is 38.5 Å². The Morgan fingerprint density at radius 2 is 1.96 bits per heavy atom. The van der Waals surface area contributed by atoms with Crippen LogP contribution in [0.15, 0.2) is 48.2 Å². The molecule has 0 radical (unpaired) electrons. The third-order valence-electron chi connectivity index (χ3n) is 4.38. The van der Waals surface area contributed by atoms with E-state index in [4.69, 9.17) is 0 Å². The Labute approximate surface area is 147 Å². The average molecular weight is 337 g/mol. The lowest BCUT2D eigenvalue weighted by molar-refractivity contribution is -0.126. The van der Waals surface area contributed by atoms with E-state index in [0.717, 1.165) is 30.2 Å². The number of rotatable bonds is 6. The van der Waals surface area contributed by atoms with E-state index >= 15 is 0 Å². The van der Waals surface area contributed by atoms with Gasteiger partial charge in [-0.25, -0.2) is 0 Å². The maximum atomic E-state index is 12.1. The fraction of sp³-hybridized carbons (Fsp3) is 0.350. The van der Waals surface area contributed by atoms with Gasteiger partial charge >= 0.3 is 0 Å². The van der Waals surface area contributed by atoms with Crippen LogP contribution < -0.4 is 10.6 Å². The maximum absolute atomic E-state index is 12.1. The van der Waals surface area contributed by atoms with E-state index in [2.05, 4.69) is 21.7 Å². The summed E-state index contributed by atoms with van der Waals surface area (Å²) < 4.78 is 0. The topological polar surface area (TPSA) is 71.1 Å². The Balaban J connectivity index is 1.48. The molecule has 1 aliphatic carbocycles. The smallest absolute Gasteiger partial charge is 0.233 e. The lowest BCUT2D eigenvalue weighted by Gasteiger charge is -2.13. The summed E-state index contributed by atoms with van der Waals surface area (Å²) >= 11 is 0. The second-order valence-electron chi connectivity index (χ2n) is 6.31. The molecule has 1 aromatic heterocycles. The first kappa shape index (κ1) is 17.1. The molecule has 5 nitrogen and oxygen atoms in total. The zero-order valence-electron chi connectivity index (χ0n) is 14.3. The number of allylic oxidation sites excluding steroid dienone is 1. The third kappa shape index (κ3) is 4.89. The van der Waals surface area contributed by atoms with Crippen LogP contribution in [0.3, 0.4) is 0 Å². The standard InChI is InChI=1S/C20H23N3O2/c24-18(21-13-11-15-6-2-1-3-7-15)14-19(25)23-17-10-4-8-16-9-5-12-22-20(16)17/h4-6,8-10,12H,1-3,7,11,13-14H2,(H,21,24)(H,23,25). The van der Waals surface area contributed by atoms with Gasteiger partial charge in [-0.05, 0) is 44.2 Å². The fourth-order valence-corrected chi connectivity index (χ4v) is 3.10. The quantitative estimate of drug-likeness (QED) is 0.625. The normalized spacial score (nSPS) is 14.0. The van der Waals surface area contributed by atoms with Crippen LogP contribution in [-0.4, -0.2) is 23.3 Å². The van der Waals surface area contributed by atoms with Crippen molar-refractivity contribution in [3.05, 3.63) is 48.2 Å². The summed E-state index contributed by atoms with van der Waals surface area (Å²) in [6.07, 6.45) is 9.43. The monoisotopic (exact) mass is 337 g/mol. The van der Waals surface area contributed by atoms with Gasteiger partial charge in [0, 0.05) is 18.1 Å². The Morgan fingerprint density at radius 1 is 1.08 bits per heavy atom. The van der Waals surface area contributed by atoms with Crippen molar-refractivity contribution in [1.29, 1.82) is 0 Å². The van der Waals surface area contributed by atoms with E-state index in [0.29, 0.717) is 12.2 Å². The summed E-state index contributed by atoms with van der Waals surface area (Å²) in [6, 6.07) is 9.37. The van der Waals surface area contributed by atoms with Gasteiger partial charge in [-0.15, -0.1) is 0 Å². The van der Waals surface area contributed by atoms with Crippen LogP contribution in [0.5, 0.6) is 0 Å². The summed E-state index contributed by atoms with van der Waals surface area (Å²) in [4.78, 5) is 28.4. The number of amides is 2. The molecule has 1 aliphatic rings. The van der Waals surface area contributed by atoms with Gasteiger partial charge in [-0.1, -0.05) is 29.8 Å². The molecule has 0 atom stereocenters. The Kier molecular flexibility index (Phi) is 5.77. The van der Waals surface area contributed by atoms with Crippen molar-refractivity contribution in [2.45, 2.75) is 38.5 Å². The molecule has 5 heteroatoms. The zero-order valence-corrected chi connectivity index (χ0v) is 14.3. The number of aromatic nitrogens is 1. The number of anilines is 1. The van der Waals surface area contributed by atoms with Crippen molar-refractivity contribution >= 4 is 28.4 Å². The predicted octanol–water partition coefficient (Wildman–Crippen LogP) is 3.57. The van der Waals surface area contributed by atoms with Crippen LogP contribution in [0.4, 0.5) is 5.69 Å². The van der Waals surface area contributed by atoms with Gasteiger partial charge in [-0.3, -0.25) is 14.6 Å². The first-order valence-corrected chi connectivity index (χ1v) is 8.80. The summed E-state index contributed by atoms with van der Waals surface area (Å²) in [7, 11) is 0. The first-order chi connectivity index (χ1) is 12.2. The van der Waals surface area contributed by atoms with Gasteiger partial charge in [0.1, 0.15) is 6.42 Å². The number of hydrogen-bond donors (Lipinski definition) is 2. The van der Waals surface area contributed by atoms with Gasteiger partial charge in [0.25, 0.3) is 0 Å². The van der Waals surface area contributed by atoms with Crippen LogP contribution in [-0.2, 0) is 9.59 Å². The third-order valence-corrected chi connectivity index (χ3v) is 4.38. The predicted molar refractivity (Wildman–Crippen MR) is 99.2 cm³/mol. The zero-order chi connectivity index (χ0) is 17.5. The highest BCUT2D eigenvalue weighted by Crippen LogP contribution is 2.21. The largest absolute Gasteiger partial charge is 0.355 e. The highest BCUT2D eigenvalue weighted by atomic mass is 16.2. The van der Waals surface area contributed by atoms with Crippen LogP contribution in [0, 0.1) is 0 Å². The molecule has 0 fully saturated rings. The van der Waals surface area contributed by atoms with Gasteiger partial charge in [-0.2, -0.15) is 0 Å². The van der Waals surface area contributed by atoms with Crippen molar-refractivity contribution in [2.24, 2.45) is 0 Å². The lowest BCUT2D eigenvalue weighted by atomic mass is 9.97. The summed E-state index contributed by atoms with van der Waals surface area (Å²) in [5.74, 6) is -0.574. The van der Waals surface area contributed by atoms with Crippen molar-refractivity contribution in [3.8, 4) is 0 Å². The summed E-state index contributed by atoms with van der Waals surface area (Å²) in [5, 5.41) is 6.56. The van der Waals surface area contributed by atoms with Crippen molar-refractivity contribution in [3.63, 3.8) is 0 Å². The van der Waals surface area contributed by atoms with E-state index in [1.165, 1.54) is 18.4 Å². The lowest BCUT2D eigenvalue weighted by Crippen LogP contribution is -2.29. The molecule has 130 valence electrons. The molecule has 0 bridgehead atoms. The molecule has 25 heavy (non-hydrogen) atoms. The number of nitrogens with zero attached hydrogens (tertiary/aromatic N) is 1. The Bertz CT molecular complexity index is 793. The van der Waals surface area contributed by atoms with Gasteiger partial charge in [0.15, 0.2) is 0 Å². The number of para-hydroxylation sites is 1. The number of carbonyl (C=O) groups excluding carboxylic acids is 2. The Morgan fingerprint density at radius 3 is 2.80 bits per heavy atom. The molecule has 0 saturated carbocycles. The molecule has 2 amide bonds. The van der Waals surface area contributed by atoms with E-state index < -0.39 is 0 Å². The molecule has 0 spiro atoms. The molecule has 1 aromatic carbocycles. The molecule has 3 rings (SSSR count). The number of carbonyl (C=O) groups is 2. The number of fused-ring (bicyclic) bond motifs is 1. The van der Waals surface area contributed by atoms with Crippen molar-refractivity contribution in [1.82, 2.24) is 10.3 Å². The van der Waals surface area contributed by atoms with Crippen LogP contribution in [0.2, 0.25) is 0 Å². The molecule has 0 saturated heterocycles. The molecular formula is C20H23N3O2. The molecule has 0 aliphatic heterocycles. The van der Waals surface area contributed by atoms with Crippen molar-refractivity contribution < 1.29 is 9.59 Å². The molecular weight excluding hydrogens is 314 g/mol. The van der Waals surface area contributed by atoms with Gasteiger partial charge in [0.05, 0.1) is 11.2 Å². The molecule has 0 unspecified atom stereocenters. The van der Waals surface area contributed by atoms with Crippen LogP contribution in [0.25, 0.3) is 10.9 Å². The van der Waals surface area contributed by atoms with E-state index in [9.17, 15) is 9.59 Å². The van der Waals surface area contributed by atoms with E-state index in [1.807, 2.05) is 24.3 Å². The average Bonchev–Trinajstić information content (AvgIpc) is 2.63. The minimum absolute atomic E-state index is 0.178. The second kappa shape index (κ2) is 8.42. The highest BCUT2D eigenvalue weighted by Gasteiger charge is 2.12. The fourth-order valence-electron chi connectivity index (χ4n) is 3.10. The molecule has 2 aromatic rings. The SMILES string of the molecule is O=C(CC(=O)Nc1cccc2cccnc12)NCCC1=CCCCC1. The maximum Gasteiger partial charge on any atom is 0.233 e. The number of hydrogen-bond acceptors (Lipinski definition) is 3. The van der Waals surface area contributed by atoms with Crippen LogP contribution >= 0.6 is 0 Å². The van der Waals surface area contributed by atoms with Crippen molar-refractivity contribution in [2.75, 3.05) is 11.9 Å². The molecule has 2 N–H and O–H groups in total. The summed E-state index contributed by atoms with van der Waals surface area (Å²) in [6.45, 7) is 0.591. The number of pyridine rings is 1.